The van der Waals surface area contributed by atoms with Crippen LogP contribution in [0.4, 0.5) is 0 Å². The zero-order chi connectivity index (χ0) is 17.1. The van der Waals surface area contributed by atoms with Crippen LogP contribution in [0.1, 0.15) is 12.0 Å². The van der Waals surface area contributed by atoms with Gasteiger partial charge in [-0.2, -0.15) is 4.72 Å². The number of carboxylic acid groups (broad SMARTS) is 1. The minimum atomic E-state index is -4.18. The van der Waals surface area contributed by atoms with Gasteiger partial charge >= 0.3 is 5.97 Å². The van der Waals surface area contributed by atoms with Crippen LogP contribution in [-0.4, -0.2) is 40.2 Å². The Morgan fingerprint density at radius 1 is 1.36 bits per heavy atom. The molecule has 2 N–H and O–H groups in total. The van der Waals surface area contributed by atoms with Gasteiger partial charge in [0.2, 0.25) is 10.0 Å². The van der Waals surface area contributed by atoms with Gasteiger partial charge in [0.1, 0.15) is 6.04 Å². The molecule has 9 heteroatoms. The zero-order valence-corrected chi connectivity index (χ0v) is 13.7. The lowest BCUT2D eigenvalue weighted by Gasteiger charge is -2.15. The molecular formula is C13H17NO6S2. The van der Waals surface area contributed by atoms with Crippen molar-refractivity contribution in [2.24, 2.45) is 0 Å². The molecule has 1 atom stereocenters. The number of carboxylic acids is 1. The second kappa shape index (κ2) is 6.59. The number of nitrogens with one attached hydrogen (secondary N) is 1. The molecule has 0 radical (unpaired) electrons. The minimum absolute atomic E-state index is 0.0978. The molecule has 1 unspecified atom stereocenters. The molecule has 0 aromatic heterocycles. The Bertz CT molecular complexity index is 796. The standard InChI is InChI=1S/C13H17NO6S2/c1-4-5-11(13(15)16)14-22(19,20)12-8-10(21(3,17)18)7-6-9(12)2/h4,6-8,11,14H,1,5H2,2-3H3,(H,15,16). The van der Waals surface area contributed by atoms with Crippen molar-refractivity contribution in [1.82, 2.24) is 4.72 Å². The van der Waals surface area contributed by atoms with Gasteiger partial charge in [0.15, 0.2) is 9.84 Å². The summed E-state index contributed by atoms with van der Waals surface area (Å²) in [5.41, 5.74) is 0.308. The summed E-state index contributed by atoms with van der Waals surface area (Å²) in [5, 5.41) is 9.00. The molecule has 7 nitrogen and oxygen atoms in total. The highest BCUT2D eigenvalue weighted by Gasteiger charge is 2.26. The number of aliphatic carboxylic acids is 1. The van der Waals surface area contributed by atoms with Crippen molar-refractivity contribution in [2.45, 2.75) is 29.2 Å². The maximum atomic E-state index is 12.3. The Morgan fingerprint density at radius 3 is 2.41 bits per heavy atom. The highest BCUT2D eigenvalue weighted by Crippen LogP contribution is 2.20. The van der Waals surface area contributed by atoms with Crippen LogP contribution in [0.25, 0.3) is 0 Å². The number of sulfonamides is 1. The normalized spacial score (nSPS) is 13.5. The summed E-state index contributed by atoms with van der Waals surface area (Å²) < 4.78 is 49.7. The second-order valence-corrected chi connectivity index (χ2v) is 8.43. The van der Waals surface area contributed by atoms with E-state index >= 15 is 0 Å². The fraction of sp³-hybridized carbons (Fsp3) is 0.308. The molecular weight excluding hydrogens is 330 g/mol. The molecule has 1 aromatic rings. The summed E-state index contributed by atoms with van der Waals surface area (Å²) >= 11 is 0. The average Bonchev–Trinajstić information content (AvgIpc) is 2.36. The second-order valence-electron chi connectivity index (χ2n) is 4.74. The summed E-state index contributed by atoms with van der Waals surface area (Å²) in [6, 6.07) is 2.29. The van der Waals surface area contributed by atoms with E-state index < -0.39 is 31.9 Å². The minimum Gasteiger partial charge on any atom is -0.480 e. The van der Waals surface area contributed by atoms with E-state index in [9.17, 15) is 21.6 Å². The van der Waals surface area contributed by atoms with Crippen LogP contribution < -0.4 is 4.72 Å². The third-order valence-corrected chi connectivity index (χ3v) is 5.60. The van der Waals surface area contributed by atoms with Gasteiger partial charge in [0, 0.05) is 6.26 Å². The maximum absolute atomic E-state index is 12.3. The highest BCUT2D eigenvalue weighted by atomic mass is 32.2. The largest absolute Gasteiger partial charge is 0.480 e. The summed E-state index contributed by atoms with van der Waals surface area (Å²) in [6.07, 6.45) is 2.14. The summed E-state index contributed by atoms with van der Waals surface area (Å²) in [6.45, 7) is 4.86. The van der Waals surface area contributed by atoms with E-state index in [-0.39, 0.29) is 16.2 Å². The van der Waals surface area contributed by atoms with E-state index in [1.165, 1.54) is 25.1 Å². The molecule has 0 heterocycles. The molecule has 0 fully saturated rings. The van der Waals surface area contributed by atoms with Crippen LogP contribution in [0.15, 0.2) is 40.6 Å². The Kier molecular flexibility index (Phi) is 5.49. The number of hydrogen-bond acceptors (Lipinski definition) is 5. The van der Waals surface area contributed by atoms with Gasteiger partial charge in [-0.15, -0.1) is 6.58 Å². The first-order valence-electron chi connectivity index (χ1n) is 6.16. The Balaban J connectivity index is 3.33. The first-order chi connectivity index (χ1) is 9.99. The molecule has 122 valence electrons. The fourth-order valence-electron chi connectivity index (χ4n) is 1.72. The highest BCUT2D eigenvalue weighted by molar-refractivity contribution is 7.91. The van der Waals surface area contributed by atoms with Gasteiger partial charge in [-0.1, -0.05) is 12.1 Å². The van der Waals surface area contributed by atoms with E-state index in [2.05, 4.69) is 6.58 Å². The molecule has 0 aliphatic heterocycles. The van der Waals surface area contributed by atoms with Crippen molar-refractivity contribution in [1.29, 1.82) is 0 Å². The summed E-state index contributed by atoms with van der Waals surface area (Å²) in [7, 11) is -7.77. The number of benzene rings is 1. The van der Waals surface area contributed by atoms with Crippen LogP contribution in [0.5, 0.6) is 0 Å². The molecule has 1 aromatic carbocycles. The molecule has 1 rings (SSSR count). The predicted molar refractivity (Wildman–Crippen MR) is 80.8 cm³/mol. The predicted octanol–water partition coefficient (Wildman–Crippen LogP) is 0.706. The Labute approximate surface area is 129 Å². The quantitative estimate of drug-likeness (QED) is 0.701. The van der Waals surface area contributed by atoms with E-state index in [4.69, 9.17) is 5.11 Å². The van der Waals surface area contributed by atoms with Crippen molar-refractivity contribution in [2.75, 3.05) is 6.26 Å². The van der Waals surface area contributed by atoms with Gasteiger partial charge in [0.25, 0.3) is 0 Å². The number of rotatable bonds is 7. The number of sulfone groups is 1. The third kappa shape index (κ3) is 4.39. The van der Waals surface area contributed by atoms with E-state index in [0.717, 1.165) is 12.3 Å². The van der Waals surface area contributed by atoms with Crippen LogP contribution in [-0.2, 0) is 24.7 Å². The SMILES string of the molecule is C=CCC(NS(=O)(=O)c1cc(S(C)(=O)=O)ccc1C)C(=O)O. The van der Waals surface area contributed by atoms with Gasteiger partial charge < -0.3 is 5.11 Å². The lowest BCUT2D eigenvalue weighted by Crippen LogP contribution is -2.40. The lowest BCUT2D eigenvalue weighted by molar-refractivity contribution is -0.138. The van der Waals surface area contributed by atoms with E-state index in [1.54, 1.807) is 0 Å². The monoisotopic (exact) mass is 347 g/mol. The van der Waals surface area contributed by atoms with Crippen LogP contribution >= 0.6 is 0 Å². The summed E-state index contributed by atoms with van der Waals surface area (Å²) in [5.74, 6) is -1.35. The average molecular weight is 347 g/mol. The topological polar surface area (TPSA) is 118 Å². The maximum Gasteiger partial charge on any atom is 0.322 e. The van der Waals surface area contributed by atoms with Gasteiger partial charge in [-0.3, -0.25) is 4.79 Å². The molecule has 22 heavy (non-hydrogen) atoms. The van der Waals surface area contributed by atoms with Gasteiger partial charge in [0.05, 0.1) is 9.79 Å². The molecule has 0 spiro atoms. The van der Waals surface area contributed by atoms with Crippen LogP contribution in [0, 0.1) is 6.92 Å². The van der Waals surface area contributed by atoms with E-state index in [1.807, 2.05) is 4.72 Å². The zero-order valence-electron chi connectivity index (χ0n) is 12.1. The fourth-order valence-corrected chi connectivity index (χ4v) is 3.91. The van der Waals surface area contributed by atoms with Crippen molar-refractivity contribution in [3.8, 4) is 0 Å². The molecule has 0 amide bonds. The first-order valence-corrected chi connectivity index (χ1v) is 9.53. The molecule has 0 saturated carbocycles. The number of aryl methyl sites for hydroxylation is 1. The van der Waals surface area contributed by atoms with Gasteiger partial charge in [-0.25, -0.2) is 16.8 Å². The van der Waals surface area contributed by atoms with E-state index in [0.29, 0.717) is 5.56 Å². The molecule has 0 saturated heterocycles. The van der Waals surface area contributed by atoms with Crippen LogP contribution in [0.2, 0.25) is 0 Å². The Hall–Kier alpha value is -1.71. The molecule has 0 aliphatic carbocycles. The van der Waals surface area contributed by atoms with Gasteiger partial charge in [-0.05, 0) is 31.0 Å². The Morgan fingerprint density at radius 2 is 1.95 bits per heavy atom. The third-order valence-electron chi connectivity index (χ3n) is 2.88. The molecule has 0 bridgehead atoms. The van der Waals surface area contributed by atoms with Crippen molar-refractivity contribution in [3.63, 3.8) is 0 Å². The van der Waals surface area contributed by atoms with Crippen molar-refractivity contribution in [3.05, 3.63) is 36.4 Å². The number of hydrogen-bond donors (Lipinski definition) is 2. The smallest absolute Gasteiger partial charge is 0.322 e. The molecule has 0 aliphatic rings. The number of carbonyl (C=O) groups is 1. The first kappa shape index (κ1) is 18.3. The van der Waals surface area contributed by atoms with Crippen molar-refractivity contribution < 1.29 is 26.7 Å². The van der Waals surface area contributed by atoms with Crippen molar-refractivity contribution >= 4 is 25.8 Å². The summed E-state index contributed by atoms with van der Waals surface area (Å²) in [4.78, 5) is 10.6. The lowest BCUT2D eigenvalue weighted by atomic mass is 10.2. The van der Waals surface area contributed by atoms with Crippen LogP contribution in [0.3, 0.4) is 0 Å².